The van der Waals surface area contributed by atoms with Crippen molar-refractivity contribution in [2.45, 2.75) is 0 Å². The third kappa shape index (κ3) is 4.52. The maximum absolute atomic E-state index is 5.42. The van der Waals surface area contributed by atoms with Gasteiger partial charge in [0, 0.05) is 33.3 Å². The highest BCUT2D eigenvalue weighted by molar-refractivity contribution is 7.18. The summed E-state index contributed by atoms with van der Waals surface area (Å²) in [6.45, 7) is 0. The van der Waals surface area contributed by atoms with Crippen LogP contribution in [0.4, 0.5) is 0 Å². The van der Waals surface area contributed by atoms with E-state index in [0.29, 0.717) is 11.0 Å². The number of hydrogen-bond acceptors (Lipinski definition) is 7. The second-order valence-electron chi connectivity index (χ2n) is 10.9. The van der Waals surface area contributed by atoms with E-state index in [0.717, 1.165) is 42.7 Å². The summed E-state index contributed by atoms with van der Waals surface area (Å²) >= 11 is 3.36. The summed E-state index contributed by atoms with van der Waals surface area (Å²) < 4.78 is 5.42. The Bertz CT molecular complexity index is 2510. The number of fused-ring (bicyclic) bond motifs is 3. The molecular weight excluding hydrogens is 593 g/mol. The molecule has 9 rings (SSSR count). The predicted octanol–water partition coefficient (Wildman–Crippen LogP) is 10.8. The Morgan fingerprint density at radius 3 is 1.93 bits per heavy atom. The Labute approximate surface area is 266 Å². The smallest absolute Gasteiger partial charge is 0.163 e. The number of aromatic nitrogens is 4. The quantitative estimate of drug-likeness (QED) is 0.193. The van der Waals surface area contributed by atoms with Crippen molar-refractivity contribution in [2.24, 2.45) is 0 Å². The highest BCUT2D eigenvalue weighted by Gasteiger charge is 2.24. The summed E-state index contributed by atoms with van der Waals surface area (Å²) in [5.74, 6) is 0. The van der Waals surface area contributed by atoms with Gasteiger partial charge in [-0.2, -0.15) is 0 Å². The number of hydrogen-bond donors (Lipinski definition) is 0. The molecule has 7 heteroatoms. The van der Waals surface area contributed by atoms with Crippen molar-refractivity contribution in [3.8, 4) is 53.8 Å². The number of pyridine rings is 2. The zero-order chi connectivity index (χ0) is 29.7. The fourth-order valence-corrected chi connectivity index (χ4v) is 7.87. The van der Waals surface area contributed by atoms with Gasteiger partial charge in [0.25, 0.3) is 0 Å². The fourth-order valence-electron chi connectivity index (χ4n) is 5.92. The van der Waals surface area contributed by atoms with Gasteiger partial charge in [-0.25, -0.2) is 9.61 Å². The van der Waals surface area contributed by atoms with Crippen molar-refractivity contribution in [1.82, 2.24) is 20.3 Å². The van der Waals surface area contributed by atoms with Crippen LogP contribution in [0.5, 0.6) is 0 Å². The van der Waals surface area contributed by atoms with Crippen LogP contribution in [0.15, 0.2) is 138 Å². The van der Waals surface area contributed by atoms with Crippen LogP contribution >= 0.6 is 22.7 Å². The van der Waals surface area contributed by atoms with E-state index in [1.165, 1.54) is 32.7 Å². The summed E-state index contributed by atoms with van der Waals surface area (Å²) in [4.78, 5) is 12.8. The zero-order valence-electron chi connectivity index (χ0n) is 23.7. The first-order chi connectivity index (χ1) is 22.3. The monoisotopic (exact) mass is 614 g/mol. The summed E-state index contributed by atoms with van der Waals surface area (Å²) in [7, 11) is 0. The van der Waals surface area contributed by atoms with Gasteiger partial charge in [-0.05, 0) is 96.4 Å². The van der Waals surface area contributed by atoms with E-state index in [-0.39, 0.29) is 0 Å². The maximum Gasteiger partial charge on any atom is 0.163 e. The molecule has 0 radical (unpaired) electrons. The molecule has 4 aromatic carbocycles. The van der Waals surface area contributed by atoms with E-state index >= 15 is 0 Å². The highest BCUT2D eigenvalue weighted by Crippen LogP contribution is 2.45. The molecule has 5 aromatic heterocycles. The third-order valence-electron chi connectivity index (χ3n) is 8.17. The summed E-state index contributed by atoms with van der Waals surface area (Å²) in [5, 5.41) is 15.9. The average molecular weight is 615 g/mol. The van der Waals surface area contributed by atoms with Gasteiger partial charge in [0.15, 0.2) is 5.52 Å². The van der Waals surface area contributed by atoms with Crippen molar-refractivity contribution >= 4 is 55.3 Å². The Kier molecular flexibility index (Phi) is 6.11. The van der Waals surface area contributed by atoms with Gasteiger partial charge >= 0.3 is 0 Å². The molecule has 0 bridgehead atoms. The van der Waals surface area contributed by atoms with Crippen molar-refractivity contribution in [3.05, 3.63) is 133 Å². The molecule has 0 unspecified atom stereocenters. The van der Waals surface area contributed by atoms with Gasteiger partial charge in [-0.3, -0.25) is 4.98 Å². The third-order valence-corrected chi connectivity index (χ3v) is 10.3. The van der Waals surface area contributed by atoms with Gasteiger partial charge in [0.1, 0.15) is 11.2 Å². The Morgan fingerprint density at radius 1 is 0.489 bits per heavy atom. The molecule has 0 atom stereocenters. The molecule has 0 saturated heterocycles. The summed E-state index contributed by atoms with van der Waals surface area (Å²) in [6, 6.07) is 40.5. The molecule has 0 saturated carbocycles. The molecule has 212 valence electrons. The minimum absolute atomic E-state index is 0.648. The first-order valence-corrected chi connectivity index (χ1v) is 16.2. The second kappa shape index (κ2) is 10.6. The minimum atomic E-state index is 0.648. The predicted molar refractivity (Wildman–Crippen MR) is 185 cm³/mol. The maximum atomic E-state index is 5.42. The highest BCUT2D eigenvalue weighted by atomic mass is 32.1. The molecule has 9 aromatic rings. The molecule has 0 spiro atoms. The fraction of sp³-hybridized carbons (Fsp3) is 0. The van der Waals surface area contributed by atoms with Crippen LogP contribution in [-0.2, 0) is 0 Å². The lowest BCUT2D eigenvalue weighted by atomic mass is 10.00. The average Bonchev–Trinajstić information content (AvgIpc) is 3.89. The van der Waals surface area contributed by atoms with Crippen molar-refractivity contribution in [1.29, 1.82) is 0 Å². The van der Waals surface area contributed by atoms with E-state index in [2.05, 4.69) is 124 Å². The first-order valence-electron chi connectivity index (χ1n) is 14.5. The minimum Gasteiger partial charge on any atom is -0.265 e. The standard InChI is InChI=1S/C38H22N4OS2/c1-3-7-26-19-28(11-9-23(26)5-1)30-21-33(44-22-30)34-35(25-15-17-39-18-16-25)40-36(38-37(34)41-43-42-38)32-14-13-31(45-32)29-12-10-24-6-2-4-8-27(24)20-29/h1-22H. The van der Waals surface area contributed by atoms with Gasteiger partial charge < -0.3 is 0 Å². The van der Waals surface area contributed by atoms with Gasteiger partial charge in [-0.1, -0.05) is 72.8 Å². The Hall–Kier alpha value is -5.50. The number of benzene rings is 4. The van der Waals surface area contributed by atoms with Gasteiger partial charge in [0.05, 0.1) is 10.6 Å². The zero-order valence-corrected chi connectivity index (χ0v) is 25.3. The molecule has 5 nitrogen and oxygen atoms in total. The normalized spacial score (nSPS) is 11.6. The number of thiophene rings is 2. The SMILES string of the molecule is c1ccc2cc(-c3csc(-c4c(-c5ccncc5)nc(-c5ccc(-c6ccc7ccccc7c6)s5)c5nonc45)c3)ccc2c1. The van der Waals surface area contributed by atoms with E-state index in [4.69, 9.17) is 9.61 Å². The van der Waals surface area contributed by atoms with E-state index in [1.54, 1.807) is 35.1 Å². The molecule has 5 heterocycles. The summed E-state index contributed by atoms with van der Waals surface area (Å²) in [5.41, 5.74) is 8.27. The molecular formula is C38H22N4OS2. The number of rotatable bonds is 5. The van der Waals surface area contributed by atoms with Gasteiger partial charge in [0.2, 0.25) is 0 Å². The number of nitrogens with zero attached hydrogens (tertiary/aromatic N) is 4. The Morgan fingerprint density at radius 2 is 1.16 bits per heavy atom. The van der Waals surface area contributed by atoms with E-state index in [9.17, 15) is 0 Å². The lowest BCUT2D eigenvalue weighted by Gasteiger charge is -2.10. The molecule has 0 aliphatic carbocycles. The van der Waals surface area contributed by atoms with Crippen molar-refractivity contribution in [2.75, 3.05) is 0 Å². The van der Waals surface area contributed by atoms with Crippen LogP contribution in [-0.4, -0.2) is 20.3 Å². The van der Waals surface area contributed by atoms with Crippen LogP contribution in [0, 0.1) is 0 Å². The summed E-state index contributed by atoms with van der Waals surface area (Å²) in [6.07, 6.45) is 3.59. The molecule has 45 heavy (non-hydrogen) atoms. The second-order valence-corrected chi connectivity index (χ2v) is 12.9. The van der Waals surface area contributed by atoms with Crippen LogP contribution in [0.25, 0.3) is 86.4 Å². The van der Waals surface area contributed by atoms with Crippen molar-refractivity contribution in [3.63, 3.8) is 0 Å². The molecule has 0 fully saturated rings. The van der Waals surface area contributed by atoms with E-state index < -0.39 is 0 Å². The molecule has 0 N–H and O–H groups in total. The van der Waals surface area contributed by atoms with Crippen LogP contribution < -0.4 is 0 Å². The van der Waals surface area contributed by atoms with Crippen LogP contribution in [0.3, 0.4) is 0 Å². The Balaban J connectivity index is 1.19. The van der Waals surface area contributed by atoms with Crippen LogP contribution in [0.1, 0.15) is 0 Å². The largest absolute Gasteiger partial charge is 0.265 e. The topological polar surface area (TPSA) is 64.7 Å². The van der Waals surface area contributed by atoms with Gasteiger partial charge in [-0.15, -0.1) is 22.7 Å². The lowest BCUT2D eigenvalue weighted by molar-refractivity contribution is 0.315. The molecule has 0 aliphatic heterocycles. The van der Waals surface area contributed by atoms with E-state index in [1.807, 2.05) is 12.1 Å². The lowest BCUT2D eigenvalue weighted by Crippen LogP contribution is -1.94. The molecule has 0 aliphatic rings. The first kappa shape index (κ1) is 25.9. The van der Waals surface area contributed by atoms with Crippen molar-refractivity contribution < 1.29 is 4.63 Å². The van der Waals surface area contributed by atoms with Crippen LogP contribution in [0.2, 0.25) is 0 Å². The molecule has 0 amide bonds.